The second-order valence-electron chi connectivity index (χ2n) is 5.14. The number of nitrogens with one attached hydrogen (secondary N) is 2. The number of anilines is 3. The van der Waals surface area contributed by atoms with E-state index in [1.807, 2.05) is 12.1 Å². The highest BCUT2D eigenvalue weighted by Gasteiger charge is 2.34. The van der Waals surface area contributed by atoms with E-state index >= 15 is 0 Å². The third-order valence-electron chi connectivity index (χ3n) is 4.02. The minimum absolute atomic E-state index is 0.397. The largest absolute Gasteiger partial charge is 0.399 e. The van der Waals surface area contributed by atoms with Crippen LogP contribution in [0.1, 0.15) is 26.2 Å². The van der Waals surface area contributed by atoms with E-state index in [-0.39, 0.29) is 0 Å². The molecular formula is C13H19N3. The van der Waals surface area contributed by atoms with Gasteiger partial charge in [-0.3, -0.25) is 0 Å². The van der Waals surface area contributed by atoms with Gasteiger partial charge in [-0.05, 0) is 30.5 Å². The maximum absolute atomic E-state index is 5.79. The van der Waals surface area contributed by atoms with Crippen molar-refractivity contribution in [2.45, 2.75) is 32.4 Å². The van der Waals surface area contributed by atoms with Crippen molar-refractivity contribution in [1.29, 1.82) is 0 Å². The Morgan fingerprint density at radius 3 is 2.75 bits per heavy atom. The fraction of sp³-hybridized carbons (Fsp3) is 0.538. The lowest BCUT2D eigenvalue weighted by molar-refractivity contribution is 0.387. The fourth-order valence-corrected chi connectivity index (χ4v) is 3.06. The molecule has 3 rings (SSSR count). The minimum atomic E-state index is 0.397. The standard InChI is InChI=1S/C13H19N3/c1-8-3-2-4-10(8)13-15-11-6-5-9(14)7-12(11)16-13/h5-8,10,13,15-16H,2-4,14H2,1H3/t8-,10?,13-/m1/s1. The van der Waals surface area contributed by atoms with Gasteiger partial charge < -0.3 is 16.4 Å². The molecule has 1 heterocycles. The molecule has 2 aliphatic rings. The summed E-state index contributed by atoms with van der Waals surface area (Å²) in [6.45, 7) is 2.36. The summed E-state index contributed by atoms with van der Waals surface area (Å²) < 4.78 is 0. The zero-order chi connectivity index (χ0) is 11.1. The molecule has 0 bridgehead atoms. The maximum Gasteiger partial charge on any atom is 0.0996 e. The SMILES string of the molecule is C[C@@H]1CCCC1[C@@H]1Nc2ccc(N)cc2N1. The first kappa shape index (κ1) is 9.82. The van der Waals surface area contributed by atoms with Gasteiger partial charge in [0.2, 0.25) is 0 Å². The average Bonchev–Trinajstić information content (AvgIpc) is 2.82. The molecule has 3 atom stereocenters. The quantitative estimate of drug-likeness (QED) is 0.634. The van der Waals surface area contributed by atoms with Crippen molar-refractivity contribution in [2.24, 2.45) is 11.8 Å². The predicted octanol–water partition coefficient (Wildman–Crippen LogP) is 2.87. The molecule has 4 N–H and O–H groups in total. The summed E-state index contributed by atoms with van der Waals surface area (Å²) >= 11 is 0. The van der Waals surface area contributed by atoms with E-state index in [0.717, 1.165) is 23.2 Å². The number of benzene rings is 1. The van der Waals surface area contributed by atoms with Gasteiger partial charge >= 0.3 is 0 Å². The van der Waals surface area contributed by atoms with Crippen LogP contribution in [-0.2, 0) is 0 Å². The Balaban J connectivity index is 1.80. The molecule has 1 unspecified atom stereocenters. The third kappa shape index (κ3) is 1.51. The molecule has 0 radical (unpaired) electrons. The van der Waals surface area contributed by atoms with Gasteiger partial charge in [0.25, 0.3) is 0 Å². The number of hydrogen-bond acceptors (Lipinski definition) is 3. The van der Waals surface area contributed by atoms with Gasteiger partial charge in [-0.25, -0.2) is 0 Å². The van der Waals surface area contributed by atoms with Crippen LogP contribution < -0.4 is 16.4 Å². The Morgan fingerprint density at radius 2 is 2.00 bits per heavy atom. The lowest BCUT2D eigenvalue weighted by Crippen LogP contribution is -2.33. The van der Waals surface area contributed by atoms with Gasteiger partial charge in [0, 0.05) is 11.6 Å². The van der Waals surface area contributed by atoms with E-state index in [0.29, 0.717) is 6.17 Å². The van der Waals surface area contributed by atoms with Crippen molar-refractivity contribution in [3.05, 3.63) is 18.2 Å². The molecule has 3 heteroatoms. The van der Waals surface area contributed by atoms with E-state index in [4.69, 9.17) is 5.73 Å². The second kappa shape index (κ2) is 3.58. The van der Waals surface area contributed by atoms with Gasteiger partial charge in [-0.2, -0.15) is 0 Å². The molecule has 1 aromatic rings. The minimum Gasteiger partial charge on any atom is -0.399 e. The van der Waals surface area contributed by atoms with Crippen molar-refractivity contribution in [3.63, 3.8) is 0 Å². The summed E-state index contributed by atoms with van der Waals surface area (Å²) in [4.78, 5) is 0. The zero-order valence-electron chi connectivity index (χ0n) is 9.66. The van der Waals surface area contributed by atoms with E-state index in [1.54, 1.807) is 0 Å². The normalized spacial score (nSPS) is 31.9. The predicted molar refractivity (Wildman–Crippen MR) is 68.4 cm³/mol. The molecule has 0 amide bonds. The lowest BCUT2D eigenvalue weighted by atomic mass is 9.95. The van der Waals surface area contributed by atoms with Crippen LogP contribution >= 0.6 is 0 Å². The molecule has 1 aromatic carbocycles. The first-order chi connectivity index (χ1) is 7.74. The molecule has 0 saturated heterocycles. The maximum atomic E-state index is 5.79. The highest BCUT2D eigenvalue weighted by atomic mass is 15.2. The highest BCUT2D eigenvalue weighted by molar-refractivity contribution is 5.77. The van der Waals surface area contributed by atoms with Crippen molar-refractivity contribution < 1.29 is 0 Å². The zero-order valence-corrected chi connectivity index (χ0v) is 9.66. The molecule has 0 aromatic heterocycles. The smallest absolute Gasteiger partial charge is 0.0996 e. The molecular weight excluding hydrogens is 198 g/mol. The summed E-state index contributed by atoms with van der Waals surface area (Å²) in [5, 5.41) is 7.12. The van der Waals surface area contributed by atoms with Crippen LogP contribution in [0, 0.1) is 11.8 Å². The monoisotopic (exact) mass is 217 g/mol. The van der Waals surface area contributed by atoms with Crippen LogP contribution in [0.4, 0.5) is 17.1 Å². The number of rotatable bonds is 1. The summed E-state index contributed by atoms with van der Waals surface area (Å²) in [7, 11) is 0. The van der Waals surface area contributed by atoms with E-state index in [1.165, 1.54) is 24.9 Å². The van der Waals surface area contributed by atoms with Crippen LogP contribution in [0.3, 0.4) is 0 Å². The summed E-state index contributed by atoms with van der Waals surface area (Å²) in [5.74, 6) is 1.56. The molecule has 1 aliphatic heterocycles. The average molecular weight is 217 g/mol. The molecule has 86 valence electrons. The third-order valence-corrected chi connectivity index (χ3v) is 4.02. The fourth-order valence-electron chi connectivity index (χ4n) is 3.06. The molecule has 1 fully saturated rings. The van der Waals surface area contributed by atoms with Crippen LogP contribution in [0.25, 0.3) is 0 Å². The Bertz CT molecular complexity index is 402. The summed E-state index contributed by atoms with van der Waals surface area (Å²) in [6, 6.07) is 6.03. The number of nitrogen functional groups attached to an aromatic ring is 1. The Labute approximate surface area is 96.4 Å². The summed E-state index contributed by atoms with van der Waals surface area (Å²) in [5.41, 5.74) is 8.97. The van der Waals surface area contributed by atoms with Crippen molar-refractivity contribution in [3.8, 4) is 0 Å². The molecule has 3 nitrogen and oxygen atoms in total. The first-order valence-electron chi connectivity index (χ1n) is 6.16. The number of nitrogens with two attached hydrogens (primary N) is 1. The van der Waals surface area contributed by atoms with Crippen molar-refractivity contribution in [1.82, 2.24) is 0 Å². The van der Waals surface area contributed by atoms with Gasteiger partial charge in [-0.15, -0.1) is 0 Å². The van der Waals surface area contributed by atoms with Gasteiger partial charge in [-0.1, -0.05) is 19.8 Å². The van der Waals surface area contributed by atoms with Crippen LogP contribution in [0.2, 0.25) is 0 Å². The highest BCUT2D eigenvalue weighted by Crippen LogP contribution is 2.40. The molecule has 0 spiro atoms. The van der Waals surface area contributed by atoms with E-state index < -0.39 is 0 Å². The first-order valence-corrected chi connectivity index (χ1v) is 6.16. The van der Waals surface area contributed by atoms with Crippen LogP contribution in [-0.4, -0.2) is 6.17 Å². The van der Waals surface area contributed by atoms with Gasteiger partial charge in [0.1, 0.15) is 0 Å². The second-order valence-corrected chi connectivity index (χ2v) is 5.14. The molecule has 16 heavy (non-hydrogen) atoms. The van der Waals surface area contributed by atoms with E-state index in [2.05, 4.69) is 23.6 Å². The van der Waals surface area contributed by atoms with Crippen LogP contribution in [0.5, 0.6) is 0 Å². The Kier molecular flexibility index (Phi) is 2.20. The lowest BCUT2D eigenvalue weighted by Gasteiger charge is -2.23. The topological polar surface area (TPSA) is 50.1 Å². The Hall–Kier alpha value is -1.38. The van der Waals surface area contributed by atoms with E-state index in [9.17, 15) is 0 Å². The number of hydrogen-bond donors (Lipinski definition) is 3. The van der Waals surface area contributed by atoms with Crippen molar-refractivity contribution in [2.75, 3.05) is 16.4 Å². The van der Waals surface area contributed by atoms with Gasteiger partial charge in [0.15, 0.2) is 0 Å². The Morgan fingerprint density at radius 1 is 1.19 bits per heavy atom. The van der Waals surface area contributed by atoms with Crippen LogP contribution in [0.15, 0.2) is 18.2 Å². The summed E-state index contributed by atoms with van der Waals surface area (Å²) in [6.07, 6.45) is 4.46. The number of fused-ring (bicyclic) bond motifs is 1. The van der Waals surface area contributed by atoms with Crippen molar-refractivity contribution >= 4 is 17.1 Å². The molecule has 1 saturated carbocycles. The van der Waals surface area contributed by atoms with Gasteiger partial charge in [0.05, 0.1) is 17.5 Å². The molecule has 1 aliphatic carbocycles.